The Labute approximate surface area is 200 Å². The average Bonchev–Trinajstić information content (AvgIpc) is 3.27. The molecule has 0 fully saturated rings. The van der Waals surface area contributed by atoms with Gasteiger partial charge in [-0.05, 0) is 36.5 Å². The molecular formula is C23H30N4NaO2+. The third kappa shape index (κ3) is 6.30. The zero-order valence-corrected chi connectivity index (χ0v) is 20.5. The first kappa shape index (κ1) is 24.4. The molecule has 1 aromatic heterocycles. The van der Waals surface area contributed by atoms with Gasteiger partial charge in [0.25, 0.3) is 0 Å². The van der Waals surface area contributed by atoms with E-state index in [-0.39, 0.29) is 40.7 Å². The molecule has 0 saturated heterocycles. The molecule has 1 heterocycles. The number of H-pyrrole nitrogens is 1. The third-order valence-electron chi connectivity index (χ3n) is 5.30. The van der Waals surface area contributed by atoms with Crippen LogP contribution in [-0.4, -0.2) is 32.3 Å². The number of nitrogens with one attached hydrogen (secondary N) is 1. The minimum Gasteiger partial charge on any atom is -0.507 e. The normalized spacial score (nSPS) is 11.2. The number of aromatic hydroxyl groups is 1. The summed E-state index contributed by atoms with van der Waals surface area (Å²) in [6.07, 6.45) is 4.96. The van der Waals surface area contributed by atoms with Crippen molar-refractivity contribution in [1.29, 1.82) is 0 Å². The quantitative estimate of drug-likeness (QED) is 0.390. The van der Waals surface area contributed by atoms with Crippen LogP contribution in [0.25, 0.3) is 11.1 Å². The number of nitrogens with zero attached hydrogens (tertiary/aromatic N) is 3. The molecule has 0 aliphatic heterocycles. The van der Waals surface area contributed by atoms with Crippen molar-refractivity contribution in [3.63, 3.8) is 0 Å². The molecule has 0 aliphatic rings. The van der Waals surface area contributed by atoms with Gasteiger partial charge in [-0.1, -0.05) is 69.2 Å². The number of aryl methyl sites for hydroxylation is 1. The van der Waals surface area contributed by atoms with Crippen molar-refractivity contribution >= 4 is 0 Å². The number of unbranched alkanes of at least 4 members (excludes halogenated alkanes) is 2. The van der Waals surface area contributed by atoms with Gasteiger partial charge in [0.05, 0.1) is 6.61 Å². The summed E-state index contributed by atoms with van der Waals surface area (Å²) in [6, 6.07) is 13.7. The SMILES string of the molecule is CCc1cc(-c2ccccc2)c(O)cc1OCCCCCC(C)(C)c1nn[nH]n1.[Na+]. The van der Waals surface area contributed by atoms with Gasteiger partial charge in [-0.3, -0.25) is 0 Å². The second-order valence-electron chi connectivity index (χ2n) is 7.98. The molecule has 0 saturated carbocycles. The largest absolute Gasteiger partial charge is 1.00 e. The van der Waals surface area contributed by atoms with Gasteiger partial charge in [0.2, 0.25) is 0 Å². The number of phenols is 1. The Morgan fingerprint density at radius 2 is 1.83 bits per heavy atom. The Hall–Kier alpha value is -1.89. The molecule has 7 heteroatoms. The first-order valence-electron chi connectivity index (χ1n) is 10.3. The van der Waals surface area contributed by atoms with Crippen LogP contribution in [0.4, 0.5) is 0 Å². The summed E-state index contributed by atoms with van der Waals surface area (Å²) in [5.74, 6) is 1.79. The summed E-state index contributed by atoms with van der Waals surface area (Å²) in [7, 11) is 0. The molecule has 2 N–H and O–H groups in total. The molecule has 0 radical (unpaired) electrons. The van der Waals surface area contributed by atoms with Crippen LogP contribution >= 0.6 is 0 Å². The number of phenolic OH excluding ortho intramolecular Hbond substituents is 1. The van der Waals surface area contributed by atoms with E-state index in [4.69, 9.17) is 4.74 Å². The van der Waals surface area contributed by atoms with Crippen molar-refractivity contribution in [2.45, 2.75) is 58.3 Å². The minimum atomic E-state index is -0.0811. The van der Waals surface area contributed by atoms with Crippen LogP contribution in [0.15, 0.2) is 42.5 Å². The summed E-state index contributed by atoms with van der Waals surface area (Å²) in [5.41, 5.74) is 2.89. The van der Waals surface area contributed by atoms with E-state index < -0.39 is 0 Å². The van der Waals surface area contributed by atoms with E-state index in [1.807, 2.05) is 36.4 Å². The van der Waals surface area contributed by atoms with Gasteiger partial charge < -0.3 is 9.84 Å². The maximum Gasteiger partial charge on any atom is 1.00 e. The van der Waals surface area contributed by atoms with E-state index in [2.05, 4.69) is 41.4 Å². The molecule has 0 atom stereocenters. The molecule has 0 spiro atoms. The molecule has 0 bridgehead atoms. The molecule has 0 aliphatic carbocycles. The topological polar surface area (TPSA) is 83.9 Å². The molecular weight excluding hydrogens is 387 g/mol. The summed E-state index contributed by atoms with van der Waals surface area (Å²) < 4.78 is 6.00. The van der Waals surface area contributed by atoms with E-state index >= 15 is 0 Å². The van der Waals surface area contributed by atoms with Crippen LogP contribution in [-0.2, 0) is 11.8 Å². The number of aromatic nitrogens is 4. The van der Waals surface area contributed by atoms with Crippen molar-refractivity contribution in [2.24, 2.45) is 0 Å². The van der Waals surface area contributed by atoms with E-state index in [0.717, 1.165) is 60.4 Å². The first-order chi connectivity index (χ1) is 14.0. The predicted molar refractivity (Wildman–Crippen MR) is 114 cm³/mol. The summed E-state index contributed by atoms with van der Waals surface area (Å²) >= 11 is 0. The fourth-order valence-corrected chi connectivity index (χ4v) is 3.46. The number of benzene rings is 2. The predicted octanol–water partition coefficient (Wildman–Crippen LogP) is 2.06. The van der Waals surface area contributed by atoms with Gasteiger partial charge in [0, 0.05) is 17.0 Å². The maximum absolute atomic E-state index is 10.5. The van der Waals surface area contributed by atoms with Crippen molar-refractivity contribution in [2.75, 3.05) is 6.61 Å². The van der Waals surface area contributed by atoms with Crippen molar-refractivity contribution in [3.05, 3.63) is 53.9 Å². The Bertz CT molecular complexity index is 899. The molecule has 0 amide bonds. The van der Waals surface area contributed by atoms with Crippen LogP contribution in [0.1, 0.15) is 57.8 Å². The molecule has 154 valence electrons. The Morgan fingerprint density at radius 3 is 2.50 bits per heavy atom. The third-order valence-corrected chi connectivity index (χ3v) is 5.30. The summed E-state index contributed by atoms with van der Waals surface area (Å²) in [6.45, 7) is 7.02. The molecule has 3 rings (SSSR count). The summed E-state index contributed by atoms with van der Waals surface area (Å²) in [5, 5.41) is 24.9. The monoisotopic (exact) mass is 417 g/mol. The molecule has 2 aromatic carbocycles. The summed E-state index contributed by atoms with van der Waals surface area (Å²) in [4.78, 5) is 0. The van der Waals surface area contributed by atoms with Crippen molar-refractivity contribution in [1.82, 2.24) is 20.6 Å². The van der Waals surface area contributed by atoms with E-state index in [0.29, 0.717) is 6.61 Å². The number of hydrogen-bond acceptors (Lipinski definition) is 5. The van der Waals surface area contributed by atoms with Crippen LogP contribution in [0.5, 0.6) is 11.5 Å². The zero-order valence-electron chi connectivity index (χ0n) is 18.5. The van der Waals surface area contributed by atoms with Crippen LogP contribution in [0.3, 0.4) is 0 Å². The molecule has 3 aromatic rings. The number of aromatic amines is 1. The minimum absolute atomic E-state index is 0. The van der Waals surface area contributed by atoms with Crippen LogP contribution in [0, 0.1) is 0 Å². The van der Waals surface area contributed by atoms with Crippen LogP contribution in [0.2, 0.25) is 0 Å². The molecule has 30 heavy (non-hydrogen) atoms. The maximum atomic E-state index is 10.5. The number of ether oxygens (including phenoxy) is 1. The average molecular weight is 418 g/mol. The number of rotatable bonds is 10. The second kappa shape index (κ2) is 11.5. The smallest absolute Gasteiger partial charge is 0.507 e. The zero-order chi connectivity index (χ0) is 20.7. The van der Waals surface area contributed by atoms with Gasteiger partial charge in [-0.2, -0.15) is 5.21 Å². The standard InChI is InChI=1S/C23H30N4O2.Na/c1-4-17-15-19(18-11-7-5-8-12-18)20(28)16-21(17)29-14-10-6-9-13-23(2,3)22-24-26-27-25-22;/h5,7-8,11-12,15-16,28H,4,6,9-10,13-14H2,1-3H3,(H,24,25,26,27);/q;+1. The Balaban J connectivity index is 0.00000320. The first-order valence-corrected chi connectivity index (χ1v) is 10.3. The van der Waals surface area contributed by atoms with Gasteiger partial charge in [0.1, 0.15) is 11.5 Å². The number of tetrazole rings is 1. The molecule has 6 nitrogen and oxygen atoms in total. The van der Waals surface area contributed by atoms with Gasteiger partial charge >= 0.3 is 29.6 Å². The van der Waals surface area contributed by atoms with Crippen molar-refractivity contribution < 1.29 is 39.4 Å². The van der Waals surface area contributed by atoms with Gasteiger partial charge in [-0.15, -0.1) is 10.2 Å². The Kier molecular flexibility index (Phi) is 9.34. The van der Waals surface area contributed by atoms with Gasteiger partial charge in [-0.25, -0.2) is 0 Å². The fourth-order valence-electron chi connectivity index (χ4n) is 3.46. The van der Waals surface area contributed by atoms with E-state index in [9.17, 15) is 5.11 Å². The van der Waals surface area contributed by atoms with Gasteiger partial charge in [0.15, 0.2) is 5.82 Å². The molecule has 0 unspecified atom stereocenters. The fraction of sp³-hybridized carbons (Fsp3) is 0.435. The van der Waals surface area contributed by atoms with Crippen molar-refractivity contribution in [3.8, 4) is 22.6 Å². The second-order valence-corrected chi connectivity index (χ2v) is 7.98. The number of hydrogen-bond donors (Lipinski definition) is 2. The van der Waals surface area contributed by atoms with E-state index in [1.54, 1.807) is 6.07 Å². The van der Waals surface area contributed by atoms with Crippen LogP contribution < -0.4 is 34.3 Å². The van der Waals surface area contributed by atoms with E-state index in [1.165, 1.54) is 0 Å². The Morgan fingerprint density at radius 1 is 1.07 bits per heavy atom.